The van der Waals surface area contributed by atoms with E-state index in [-0.39, 0.29) is 11.5 Å². The van der Waals surface area contributed by atoms with Crippen molar-refractivity contribution in [1.29, 1.82) is 0 Å². The Hall–Kier alpha value is -1.03. The average Bonchev–Trinajstić information content (AvgIpc) is 2.35. The van der Waals surface area contributed by atoms with Crippen molar-refractivity contribution in [2.45, 2.75) is 51.9 Å². The number of aryl methyl sites for hydroxylation is 1. The maximum absolute atomic E-state index is 10.9. The van der Waals surface area contributed by atoms with E-state index in [1.54, 1.807) is 0 Å². The van der Waals surface area contributed by atoms with Gasteiger partial charge in [0.1, 0.15) is 11.5 Å². The van der Waals surface area contributed by atoms with Crippen LogP contribution in [0.15, 0.2) is 18.2 Å². The molecule has 0 aromatic heterocycles. The second-order valence-corrected chi connectivity index (χ2v) is 6.06. The first kappa shape index (κ1) is 17.0. The van der Waals surface area contributed by atoms with Crippen LogP contribution in [0.2, 0.25) is 0 Å². The van der Waals surface area contributed by atoms with Gasteiger partial charge in [-0.1, -0.05) is 39.0 Å². The van der Waals surface area contributed by atoms with Crippen LogP contribution in [0.5, 0.6) is 11.5 Å². The number of phenols is 1. The van der Waals surface area contributed by atoms with Gasteiger partial charge in [0.15, 0.2) is 0 Å². The fourth-order valence-corrected chi connectivity index (χ4v) is 2.51. The van der Waals surface area contributed by atoms with E-state index in [0.717, 1.165) is 19.3 Å². The fourth-order valence-electron chi connectivity index (χ4n) is 2.07. The maximum Gasteiger partial charge on any atom is 0.524 e. The highest BCUT2D eigenvalue weighted by Gasteiger charge is 2.18. The summed E-state index contributed by atoms with van der Waals surface area (Å²) in [6, 6.07) is 4.24. The number of rotatable bonds is 9. The molecule has 0 unspecified atom stereocenters. The molecule has 0 aliphatic carbocycles. The molecule has 0 fully saturated rings. The number of aromatic hydroxyl groups is 1. The van der Waals surface area contributed by atoms with E-state index in [4.69, 9.17) is 9.79 Å². The standard InChI is InChI=1S/C14H23O5P/c1-2-3-4-5-6-7-8-12-11-13(15)9-10-14(12)19-20(16,17)18/h9-11,15H,2-8H2,1H3,(H2,16,17,18). The van der Waals surface area contributed by atoms with Crippen molar-refractivity contribution in [3.05, 3.63) is 23.8 Å². The minimum absolute atomic E-state index is 0.0732. The van der Waals surface area contributed by atoms with Gasteiger partial charge in [-0.15, -0.1) is 0 Å². The third-order valence-corrected chi connectivity index (χ3v) is 3.50. The van der Waals surface area contributed by atoms with Crippen LogP contribution < -0.4 is 4.52 Å². The van der Waals surface area contributed by atoms with E-state index in [0.29, 0.717) is 12.0 Å². The zero-order valence-corrected chi connectivity index (χ0v) is 12.7. The van der Waals surface area contributed by atoms with Gasteiger partial charge in [-0.3, -0.25) is 9.79 Å². The fraction of sp³-hybridized carbons (Fsp3) is 0.571. The molecule has 0 atom stereocenters. The number of benzene rings is 1. The predicted octanol–water partition coefficient (Wildman–Crippen LogP) is 3.77. The summed E-state index contributed by atoms with van der Waals surface area (Å²) in [4.78, 5) is 17.7. The highest BCUT2D eigenvalue weighted by atomic mass is 31.2. The van der Waals surface area contributed by atoms with Crippen molar-refractivity contribution in [1.82, 2.24) is 0 Å². The topological polar surface area (TPSA) is 87.0 Å². The number of hydrogen-bond acceptors (Lipinski definition) is 3. The molecule has 0 saturated heterocycles. The van der Waals surface area contributed by atoms with Crippen molar-refractivity contribution in [2.75, 3.05) is 0 Å². The first-order valence-corrected chi connectivity index (χ1v) is 8.52. The molecule has 114 valence electrons. The lowest BCUT2D eigenvalue weighted by Gasteiger charge is -2.12. The minimum Gasteiger partial charge on any atom is -0.508 e. The summed E-state index contributed by atoms with van der Waals surface area (Å²) < 4.78 is 15.5. The Kier molecular flexibility index (Phi) is 7.06. The van der Waals surface area contributed by atoms with Gasteiger partial charge in [-0.25, -0.2) is 4.57 Å². The summed E-state index contributed by atoms with van der Waals surface area (Å²) in [5.74, 6) is 0.216. The second kappa shape index (κ2) is 8.30. The van der Waals surface area contributed by atoms with Crippen LogP contribution in [-0.4, -0.2) is 14.9 Å². The van der Waals surface area contributed by atoms with E-state index in [1.165, 1.54) is 37.5 Å². The molecule has 0 heterocycles. The van der Waals surface area contributed by atoms with Crippen molar-refractivity contribution < 1.29 is 24.0 Å². The van der Waals surface area contributed by atoms with Crippen LogP contribution in [0.3, 0.4) is 0 Å². The molecule has 0 aliphatic heterocycles. The van der Waals surface area contributed by atoms with Gasteiger partial charge >= 0.3 is 7.82 Å². The molecule has 1 aromatic carbocycles. The largest absolute Gasteiger partial charge is 0.524 e. The molecule has 6 heteroatoms. The summed E-state index contributed by atoms with van der Waals surface area (Å²) in [5.41, 5.74) is 0.629. The van der Waals surface area contributed by atoms with Crippen molar-refractivity contribution in [3.63, 3.8) is 0 Å². The molecule has 0 amide bonds. The van der Waals surface area contributed by atoms with E-state index >= 15 is 0 Å². The number of hydrogen-bond donors (Lipinski definition) is 3. The third-order valence-electron chi connectivity index (χ3n) is 3.06. The zero-order chi connectivity index (χ0) is 15.0. The Morgan fingerprint density at radius 1 is 1.10 bits per heavy atom. The van der Waals surface area contributed by atoms with Crippen LogP contribution >= 0.6 is 7.82 Å². The Labute approximate surface area is 119 Å². The van der Waals surface area contributed by atoms with E-state index in [9.17, 15) is 9.67 Å². The monoisotopic (exact) mass is 302 g/mol. The van der Waals surface area contributed by atoms with Crippen molar-refractivity contribution >= 4 is 7.82 Å². The maximum atomic E-state index is 10.9. The Morgan fingerprint density at radius 2 is 1.75 bits per heavy atom. The average molecular weight is 302 g/mol. The second-order valence-electron chi connectivity index (χ2n) is 4.89. The molecular weight excluding hydrogens is 279 g/mol. The molecular formula is C14H23O5P. The van der Waals surface area contributed by atoms with Gasteiger partial charge in [-0.05, 0) is 36.6 Å². The lowest BCUT2D eigenvalue weighted by Crippen LogP contribution is -1.96. The Bertz CT molecular complexity index is 455. The summed E-state index contributed by atoms with van der Waals surface area (Å²) >= 11 is 0. The van der Waals surface area contributed by atoms with Gasteiger partial charge in [0.2, 0.25) is 0 Å². The van der Waals surface area contributed by atoms with Crippen molar-refractivity contribution in [2.24, 2.45) is 0 Å². The molecule has 1 rings (SSSR count). The highest BCUT2D eigenvalue weighted by Crippen LogP contribution is 2.40. The molecule has 20 heavy (non-hydrogen) atoms. The summed E-state index contributed by atoms with van der Waals surface area (Å²) in [6.07, 6.45) is 7.40. The summed E-state index contributed by atoms with van der Waals surface area (Å²) in [5, 5.41) is 9.46. The van der Waals surface area contributed by atoms with Crippen molar-refractivity contribution in [3.8, 4) is 11.5 Å². The predicted molar refractivity (Wildman–Crippen MR) is 77.9 cm³/mol. The zero-order valence-electron chi connectivity index (χ0n) is 11.8. The Balaban J connectivity index is 2.54. The molecule has 0 spiro atoms. The van der Waals surface area contributed by atoms with E-state index in [1.807, 2.05) is 0 Å². The first-order chi connectivity index (χ1) is 9.42. The van der Waals surface area contributed by atoms with Gasteiger partial charge in [0.25, 0.3) is 0 Å². The number of unbranched alkanes of at least 4 members (excludes halogenated alkanes) is 5. The summed E-state index contributed by atoms with van der Waals surface area (Å²) in [6.45, 7) is 2.17. The number of phenolic OH excluding ortho intramolecular Hbond substituents is 1. The van der Waals surface area contributed by atoms with Gasteiger partial charge in [0, 0.05) is 0 Å². The third kappa shape index (κ3) is 6.94. The minimum atomic E-state index is -4.57. The highest BCUT2D eigenvalue weighted by molar-refractivity contribution is 7.46. The Morgan fingerprint density at radius 3 is 2.40 bits per heavy atom. The first-order valence-electron chi connectivity index (χ1n) is 6.99. The quantitative estimate of drug-likeness (QED) is 0.477. The smallest absolute Gasteiger partial charge is 0.508 e. The van der Waals surface area contributed by atoms with Crippen LogP contribution in [0.1, 0.15) is 51.0 Å². The van der Waals surface area contributed by atoms with Gasteiger partial charge in [0.05, 0.1) is 0 Å². The van der Waals surface area contributed by atoms with Crippen LogP contribution in [0.25, 0.3) is 0 Å². The molecule has 0 bridgehead atoms. The lowest BCUT2D eigenvalue weighted by molar-refractivity contribution is 0.282. The summed E-state index contributed by atoms with van der Waals surface area (Å²) in [7, 11) is -4.57. The molecule has 1 aromatic rings. The molecule has 5 nitrogen and oxygen atoms in total. The van der Waals surface area contributed by atoms with Crippen LogP contribution in [0.4, 0.5) is 0 Å². The van der Waals surface area contributed by atoms with Crippen LogP contribution in [0, 0.1) is 0 Å². The van der Waals surface area contributed by atoms with E-state index in [2.05, 4.69) is 11.4 Å². The van der Waals surface area contributed by atoms with E-state index < -0.39 is 7.82 Å². The number of phosphoric acid groups is 1. The molecule has 0 aliphatic rings. The SMILES string of the molecule is CCCCCCCCc1cc(O)ccc1OP(=O)(O)O. The lowest BCUT2D eigenvalue weighted by atomic mass is 10.0. The normalized spacial score (nSPS) is 11.6. The molecule has 3 N–H and O–H groups in total. The molecule has 0 saturated carbocycles. The molecule has 0 radical (unpaired) electrons. The van der Waals surface area contributed by atoms with Gasteiger partial charge in [-0.2, -0.15) is 0 Å². The number of phosphoric ester groups is 1. The van der Waals surface area contributed by atoms with Gasteiger partial charge < -0.3 is 9.63 Å². The van der Waals surface area contributed by atoms with Crippen LogP contribution in [-0.2, 0) is 11.0 Å².